The van der Waals surface area contributed by atoms with Gasteiger partial charge in [-0.3, -0.25) is 4.79 Å². The van der Waals surface area contributed by atoms with Gasteiger partial charge in [0.1, 0.15) is 0 Å². The molecule has 7 heteroatoms. The number of anilines is 2. The van der Waals surface area contributed by atoms with Crippen LogP contribution >= 0.6 is 0 Å². The molecule has 0 aromatic heterocycles. The van der Waals surface area contributed by atoms with Gasteiger partial charge in [-0.15, -0.1) is 0 Å². The number of hydrogen-bond donors (Lipinski definition) is 2. The Balaban J connectivity index is 1.97. The predicted molar refractivity (Wildman–Crippen MR) is 107 cm³/mol. The summed E-state index contributed by atoms with van der Waals surface area (Å²) in [7, 11) is 1.26. The molecule has 0 aliphatic carbocycles. The first-order chi connectivity index (χ1) is 13.6. The van der Waals surface area contributed by atoms with Gasteiger partial charge in [0.25, 0.3) is 5.91 Å². The normalized spacial score (nSPS) is 10.1. The van der Waals surface area contributed by atoms with E-state index in [0.717, 1.165) is 19.4 Å². The van der Waals surface area contributed by atoms with Crippen LogP contribution in [0.15, 0.2) is 48.5 Å². The second-order valence-corrected chi connectivity index (χ2v) is 5.99. The summed E-state index contributed by atoms with van der Waals surface area (Å²) in [5.41, 5.74) is 1.53. The second-order valence-electron chi connectivity index (χ2n) is 5.99. The molecule has 0 saturated carbocycles. The number of para-hydroxylation sites is 2. The highest BCUT2D eigenvalue weighted by atomic mass is 16.5. The molecule has 0 fully saturated rings. The molecule has 1 amide bonds. The summed E-state index contributed by atoms with van der Waals surface area (Å²) in [5, 5.41) is 5.75. The molecule has 2 aromatic rings. The van der Waals surface area contributed by atoms with Gasteiger partial charge in [-0.2, -0.15) is 0 Å². The quantitative estimate of drug-likeness (QED) is 0.508. The number of carbonyl (C=O) groups is 3. The van der Waals surface area contributed by atoms with Crippen molar-refractivity contribution in [1.82, 2.24) is 0 Å². The van der Waals surface area contributed by atoms with Crippen molar-refractivity contribution >= 4 is 29.2 Å². The molecule has 0 saturated heterocycles. The average molecular weight is 384 g/mol. The maximum Gasteiger partial charge on any atom is 0.340 e. The van der Waals surface area contributed by atoms with Gasteiger partial charge in [0.2, 0.25) is 0 Å². The van der Waals surface area contributed by atoms with E-state index in [2.05, 4.69) is 22.3 Å². The second kappa shape index (κ2) is 10.7. The number of nitrogens with one attached hydrogen (secondary N) is 2. The van der Waals surface area contributed by atoms with Crippen LogP contribution in [0.1, 0.15) is 40.5 Å². The molecule has 28 heavy (non-hydrogen) atoms. The van der Waals surface area contributed by atoms with Gasteiger partial charge in [0.05, 0.1) is 23.9 Å². The summed E-state index contributed by atoms with van der Waals surface area (Å²) >= 11 is 0. The first-order valence-corrected chi connectivity index (χ1v) is 9.04. The maximum atomic E-state index is 12.4. The first kappa shape index (κ1) is 21.0. The number of methoxy groups -OCH3 is 1. The van der Waals surface area contributed by atoms with Crippen LogP contribution in [0.5, 0.6) is 0 Å². The molecule has 0 aliphatic rings. The lowest BCUT2D eigenvalue weighted by molar-refractivity contribution is -0.119. The van der Waals surface area contributed by atoms with Crippen LogP contribution in [-0.2, 0) is 14.3 Å². The lowest BCUT2D eigenvalue weighted by Crippen LogP contribution is -2.22. The topological polar surface area (TPSA) is 93.7 Å². The van der Waals surface area contributed by atoms with Crippen molar-refractivity contribution in [2.24, 2.45) is 0 Å². The largest absolute Gasteiger partial charge is 0.465 e. The zero-order valence-electron chi connectivity index (χ0n) is 16.0. The number of hydrogen-bond acceptors (Lipinski definition) is 6. The minimum absolute atomic E-state index is 0.218. The highest BCUT2D eigenvalue weighted by Crippen LogP contribution is 2.18. The smallest absolute Gasteiger partial charge is 0.340 e. The van der Waals surface area contributed by atoms with Crippen LogP contribution in [-0.4, -0.2) is 38.1 Å². The van der Waals surface area contributed by atoms with Crippen LogP contribution in [0.2, 0.25) is 0 Å². The lowest BCUT2D eigenvalue weighted by Gasteiger charge is -2.12. The number of benzene rings is 2. The summed E-state index contributed by atoms with van der Waals surface area (Å²) < 4.78 is 9.81. The third-order valence-electron chi connectivity index (χ3n) is 3.93. The average Bonchev–Trinajstić information content (AvgIpc) is 2.72. The Hall–Kier alpha value is -3.35. The van der Waals surface area contributed by atoms with E-state index >= 15 is 0 Å². The Morgan fingerprint density at radius 3 is 2.14 bits per heavy atom. The fourth-order valence-electron chi connectivity index (χ4n) is 2.49. The third-order valence-corrected chi connectivity index (χ3v) is 3.93. The molecular formula is C21H24N2O5. The molecule has 148 valence electrons. The van der Waals surface area contributed by atoms with E-state index in [4.69, 9.17) is 4.74 Å². The molecule has 2 N–H and O–H groups in total. The molecule has 0 heterocycles. The SMILES string of the molecule is CCCCNc1ccccc1C(=O)OCC(=O)Nc1ccccc1C(=O)OC. The number of esters is 2. The summed E-state index contributed by atoms with van der Waals surface area (Å²) in [6, 6.07) is 13.4. The first-order valence-electron chi connectivity index (χ1n) is 9.04. The monoisotopic (exact) mass is 384 g/mol. The minimum Gasteiger partial charge on any atom is -0.465 e. The van der Waals surface area contributed by atoms with E-state index in [1.807, 2.05) is 6.07 Å². The molecule has 0 unspecified atom stereocenters. The van der Waals surface area contributed by atoms with Crippen LogP contribution in [0.4, 0.5) is 11.4 Å². The fraction of sp³-hybridized carbons (Fsp3) is 0.286. The number of ether oxygens (including phenoxy) is 2. The van der Waals surface area contributed by atoms with Crippen molar-refractivity contribution < 1.29 is 23.9 Å². The highest BCUT2D eigenvalue weighted by Gasteiger charge is 2.16. The predicted octanol–water partition coefficient (Wildman–Crippen LogP) is 3.48. The van der Waals surface area contributed by atoms with Crippen LogP contribution in [0, 0.1) is 0 Å². The van der Waals surface area contributed by atoms with E-state index in [0.29, 0.717) is 11.3 Å². The van der Waals surface area contributed by atoms with E-state index in [1.165, 1.54) is 13.2 Å². The molecule has 2 rings (SSSR count). The van der Waals surface area contributed by atoms with Crippen molar-refractivity contribution in [3.63, 3.8) is 0 Å². The number of rotatable bonds is 9. The Bertz CT molecular complexity index is 835. The van der Waals surface area contributed by atoms with Gasteiger partial charge in [-0.25, -0.2) is 9.59 Å². The van der Waals surface area contributed by atoms with Gasteiger partial charge in [-0.1, -0.05) is 37.6 Å². The molecule has 0 atom stereocenters. The molecule has 0 radical (unpaired) electrons. The van der Waals surface area contributed by atoms with E-state index in [-0.39, 0.29) is 11.3 Å². The Labute approximate surface area is 164 Å². The van der Waals surface area contributed by atoms with Gasteiger partial charge in [-0.05, 0) is 30.7 Å². The molecule has 2 aromatic carbocycles. The summed E-state index contributed by atoms with van der Waals surface area (Å²) in [6.07, 6.45) is 2.01. The molecule has 0 spiro atoms. The summed E-state index contributed by atoms with van der Waals surface area (Å²) in [5.74, 6) is -1.72. The van der Waals surface area contributed by atoms with Crippen LogP contribution in [0.3, 0.4) is 0 Å². The van der Waals surface area contributed by atoms with Gasteiger partial charge >= 0.3 is 11.9 Å². The summed E-state index contributed by atoms with van der Waals surface area (Å²) in [6.45, 7) is 2.35. The Kier molecular flexibility index (Phi) is 8.02. The van der Waals surface area contributed by atoms with Gasteiger partial charge in [0.15, 0.2) is 6.61 Å². The Morgan fingerprint density at radius 2 is 1.50 bits per heavy atom. The van der Waals surface area contributed by atoms with Crippen molar-refractivity contribution in [2.75, 3.05) is 30.9 Å². The van der Waals surface area contributed by atoms with Crippen molar-refractivity contribution in [3.05, 3.63) is 59.7 Å². The number of unbranched alkanes of at least 4 members (excludes halogenated alkanes) is 1. The van der Waals surface area contributed by atoms with Crippen molar-refractivity contribution in [1.29, 1.82) is 0 Å². The lowest BCUT2D eigenvalue weighted by atomic mass is 10.1. The van der Waals surface area contributed by atoms with Gasteiger partial charge in [0, 0.05) is 12.2 Å². The standard InChI is InChI=1S/C21H24N2O5/c1-3-4-13-22-17-11-7-5-9-15(17)21(26)28-14-19(24)23-18-12-8-6-10-16(18)20(25)27-2/h5-12,22H,3-4,13-14H2,1-2H3,(H,23,24). The van der Waals surface area contributed by atoms with E-state index in [1.54, 1.807) is 36.4 Å². The molecule has 0 aliphatic heterocycles. The van der Waals surface area contributed by atoms with Crippen molar-refractivity contribution in [3.8, 4) is 0 Å². The van der Waals surface area contributed by atoms with Crippen molar-refractivity contribution in [2.45, 2.75) is 19.8 Å². The molecule has 0 bridgehead atoms. The van der Waals surface area contributed by atoms with E-state index in [9.17, 15) is 14.4 Å². The number of carbonyl (C=O) groups excluding carboxylic acids is 3. The zero-order chi connectivity index (χ0) is 20.4. The van der Waals surface area contributed by atoms with Gasteiger partial charge < -0.3 is 20.1 Å². The summed E-state index contributed by atoms with van der Waals surface area (Å²) in [4.78, 5) is 36.3. The third kappa shape index (κ3) is 5.84. The molecular weight excluding hydrogens is 360 g/mol. The minimum atomic E-state index is -0.601. The maximum absolute atomic E-state index is 12.4. The van der Waals surface area contributed by atoms with Crippen LogP contribution in [0.25, 0.3) is 0 Å². The highest BCUT2D eigenvalue weighted by molar-refractivity contribution is 6.02. The van der Waals surface area contributed by atoms with Crippen LogP contribution < -0.4 is 10.6 Å². The number of amides is 1. The fourth-order valence-corrected chi connectivity index (χ4v) is 2.49. The Morgan fingerprint density at radius 1 is 0.893 bits per heavy atom. The zero-order valence-corrected chi connectivity index (χ0v) is 16.0. The van der Waals surface area contributed by atoms with E-state index < -0.39 is 24.5 Å². The molecule has 7 nitrogen and oxygen atoms in total.